The van der Waals surface area contributed by atoms with E-state index in [1.54, 1.807) is 42.1 Å². The molecule has 0 bridgehead atoms. The molecule has 7 heteroatoms. The Morgan fingerprint density at radius 3 is 2.46 bits per heavy atom. The molecule has 0 atom stereocenters. The maximum Gasteiger partial charge on any atom is 0.248 e. The molecule has 0 aliphatic carbocycles. The number of aryl methyl sites for hydroxylation is 1. The smallest absolute Gasteiger partial charge is 0.248 e. The van der Waals surface area contributed by atoms with Crippen LogP contribution in [-0.2, 0) is 0 Å². The van der Waals surface area contributed by atoms with Crippen LogP contribution in [0.5, 0.6) is 11.6 Å². The van der Waals surface area contributed by atoms with E-state index in [1.165, 1.54) is 0 Å². The van der Waals surface area contributed by atoms with Crippen LogP contribution in [0.3, 0.4) is 0 Å². The molecule has 4 rings (SSSR count). The second-order valence-electron chi connectivity index (χ2n) is 5.70. The Labute approximate surface area is 149 Å². The maximum absolute atomic E-state index is 11.2. The van der Waals surface area contributed by atoms with Crippen molar-refractivity contribution < 1.29 is 9.53 Å². The number of aromatic nitrogens is 4. The number of nitrogens with zero attached hydrogens (tertiary/aromatic N) is 4. The van der Waals surface area contributed by atoms with Gasteiger partial charge in [-0.05, 0) is 43.3 Å². The number of nitrogens with two attached hydrogens (primary N) is 1. The standard InChI is InChI=1S/C19H15N5O2/c1-12-22-18-16(11-21-24(18)14-5-3-2-4-6-14)19(23-12)26-15-9-7-13(8-10-15)17(20)25/h2-11H,1H3,(H2,20,25). The lowest BCUT2D eigenvalue weighted by atomic mass is 10.2. The molecule has 2 aromatic carbocycles. The van der Waals surface area contributed by atoms with Crippen LogP contribution in [0.25, 0.3) is 16.7 Å². The summed E-state index contributed by atoms with van der Waals surface area (Å²) in [6.45, 7) is 1.80. The highest BCUT2D eigenvalue weighted by molar-refractivity contribution is 5.92. The first-order valence-corrected chi connectivity index (χ1v) is 7.97. The summed E-state index contributed by atoms with van der Waals surface area (Å²) in [6, 6.07) is 16.3. The van der Waals surface area contributed by atoms with Crippen LogP contribution in [0, 0.1) is 6.92 Å². The van der Waals surface area contributed by atoms with E-state index in [-0.39, 0.29) is 0 Å². The van der Waals surface area contributed by atoms with Crippen LogP contribution < -0.4 is 10.5 Å². The van der Waals surface area contributed by atoms with Crippen molar-refractivity contribution in [3.05, 3.63) is 72.2 Å². The van der Waals surface area contributed by atoms with Crippen LogP contribution in [0.2, 0.25) is 0 Å². The van der Waals surface area contributed by atoms with E-state index in [0.717, 1.165) is 5.69 Å². The Hall–Kier alpha value is -3.74. The zero-order valence-electron chi connectivity index (χ0n) is 14.0. The minimum Gasteiger partial charge on any atom is -0.438 e. The summed E-state index contributed by atoms with van der Waals surface area (Å²) >= 11 is 0. The summed E-state index contributed by atoms with van der Waals surface area (Å²) in [5.74, 6) is 1.03. The number of primary amides is 1. The molecular weight excluding hydrogens is 330 g/mol. The van der Waals surface area contributed by atoms with E-state index in [1.807, 2.05) is 30.3 Å². The van der Waals surface area contributed by atoms with Crippen LogP contribution in [0.1, 0.15) is 16.2 Å². The van der Waals surface area contributed by atoms with Crippen LogP contribution in [0.4, 0.5) is 0 Å². The van der Waals surface area contributed by atoms with Crippen molar-refractivity contribution in [3.8, 4) is 17.3 Å². The monoisotopic (exact) mass is 345 g/mol. The molecule has 1 amide bonds. The topological polar surface area (TPSA) is 95.9 Å². The van der Waals surface area contributed by atoms with Gasteiger partial charge >= 0.3 is 0 Å². The zero-order valence-corrected chi connectivity index (χ0v) is 14.0. The van der Waals surface area contributed by atoms with Gasteiger partial charge in [-0.1, -0.05) is 18.2 Å². The fourth-order valence-electron chi connectivity index (χ4n) is 2.62. The van der Waals surface area contributed by atoms with Crippen molar-refractivity contribution in [2.24, 2.45) is 5.73 Å². The highest BCUT2D eigenvalue weighted by Gasteiger charge is 2.14. The van der Waals surface area contributed by atoms with E-state index >= 15 is 0 Å². The molecule has 0 aliphatic rings. The highest BCUT2D eigenvalue weighted by Crippen LogP contribution is 2.28. The minimum absolute atomic E-state index is 0.404. The number of benzene rings is 2. The van der Waals surface area contributed by atoms with Crippen molar-refractivity contribution in [2.75, 3.05) is 0 Å². The molecule has 0 spiro atoms. The summed E-state index contributed by atoms with van der Waals surface area (Å²) in [4.78, 5) is 20.1. The van der Waals surface area contributed by atoms with Gasteiger partial charge in [0.1, 0.15) is 17.0 Å². The Kier molecular flexibility index (Phi) is 3.81. The first-order chi connectivity index (χ1) is 12.6. The average Bonchev–Trinajstić information content (AvgIpc) is 3.07. The fourth-order valence-corrected chi connectivity index (χ4v) is 2.62. The first kappa shape index (κ1) is 15.8. The molecule has 0 saturated heterocycles. The zero-order chi connectivity index (χ0) is 18.1. The van der Waals surface area contributed by atoms with Gasteiger partial charge in [-0.3, -0.25) is 4.79 Å². The van der Waals surface area contributed by atoms with Crippen molar-refractivity contribution >= 4 is 16.9 Å². The van der Waals surface area contributed by atoms with Gasteiger partial charge in [-0.2, -0.15) is 10.1 Å². The van der Waals surface area contributed by atoms with Gasteiger partial charge < -0.3 is 10.5 Å². The molecule has 26 heavy (non-hydrogen) atoms. The molecule has 0 radical (unpaired) electrons. The lowest BCUT2D eigenvalue weighted by molar-refractivity contribution is 0.100. The third kappa shape index (κ3) is 2.86. The number of amides is 1. The van der Waals surface area contributed by atoms with Crippen molar-refractivity contribution in [2.45, 2.75) is 6.92 Å². The molecule has 2 aromatic heterocycles. The Morgan fingerprint density at radius 2 is 1.77 bits per heavy atom. The largest absolute Gasteiger partial charge is 0.438 e. The Balaban J connectivity index is 1.76. The van der Waals surface area contributed by atoms with Gasteiger partial charge in [0.2, 0.25) is 11.8 Å². The van der Waals surface area contributed by atoms with Crippen LogP contribution >= 0.6 is 0 Å². The van der Waals surface area contributed by atoms with Crippen molar-refractivity contribution in [3.63, 3.8) is 0 Å². The number of fused-ring (bicyclic) bond motifs is 1. The lowest BCUT2D eigenvalue weighted by Crippen LogP contribution is -2.10. The first-order valence-electron chi connectivity index (χ1n) is 7.97. The summed E-state index contributed by atoms with van der Waals surface area (Å²) in [6.07, 6.45) is 1.68. The number of carbonyl (C=O) groups is 1. The van der Waals surface area contributed by atoms with Crippen molar-refractivity contribution in [1.82, 2.24) is 19.7 Å². The second kappa shape index (κ2) is 6.29. The number of carbonyl (C=O) groups excluding carboxylic acids is 1. The number of hydrogen-bond donors (Lipinski definition) is 1. The molecule has 0 fully saturated rings. The van der Waals surface area contributed by atoms with Gasteiger partial charge in [-0.25, -0.2) is 9.67 Å². The number of rotatable bonds is 4. The van der Waals surface area contributed by atoms with E-state index in [9.17, 15) is 4.79 Å². The predicted molar refractivity (Wildman–Crippen MR) is 96.4 cm³/mol. The van der Waals surface area contributed by atoms with E-state index in [4.69, 9.17) is 10.5 Å². The summed E-state index contributed by atoms with van der Waals surface area (Å²) in [7, 11) is 0. The second-order valence-corrected chi connectivity index (χ2v) is 5.70. The normalized spacial score (nSPS) is 10.8. The number of para-hydroxylation sites is 1. The molecule has 4 aromatic rings. The maximum atomic E-state index is 11.2. The van der Waals surface area contributed by atoms with E-state index in [0.29, 0.717) is 34.1 Å². The van der Waals surface area contributed by atoms with Gasteiger partial charge in [0.15, 0.2) is 5.65 Å². The van der Waals surface area contributed by atoms with E-state index < -0.39 is 5.91 Å². The molecule has 0 aliphatic heterocycles. The lowest BCUT2D eigenvalue weighted by Gasteiger charge is -2.08. The minimum atomic E-state index is -0.485. The van der Waals surface area contributed by atoms with Crippen LogP contribution in [-0.4, -0.2) is 25.7 Å². The van der Waals surface area contributed by atoms with Gasteiger partial charge in [0.05, 0.1) is 11.9 Å². The quantitative estimate of drug-likeness (QED) is 0.613. The third-order valence-electron chi connectivity index (χ3n) is 3.86. The number of hydrogen-bond acceptors (Lipinski definition) is 5. The highest BCUT2D eigenvalue weighted by atomic mass is 16.5. The predicted octanol–water partition coefficient (Wildman–Crippen LogP) is 3.02. The van der Waals surface area contributed by atoms with Gasteiger partial charge in [0, 0.05) is 5.56 Å². The third-order valence-corrected chi connectivity index (χ3v) is 3.86. The Bertz CT molecular complexity index is 1090. The molecular formula is C19H15N5O2. The SMILES string of the molecule is Cc1nc(Oc2ccc(C(N)=O)cc2)c2cnn(-c3ccccc3)c2n1. The number of ether oxygens (including phenoxy) is 1. The summed E-state index contributed by atoms with van der Waals surface area (Å²) in [5.41, 5.74) is 7.23. The van der Waals surface area contributed by atoms with Crippen LogP contribution in [0.15, 0.2) is 60.8 Å². The van der Waals surface area contributed by atoms with Gasteiger partial charge in [0.25, 0.3) is 0 Å². The summed E-state index contributed by atoms with van der Waals surface area (Å²) < 4.78 is 7.64. The molecule has 0 saturated carbocycles. The summed E-state index contributed by atoms with van der Waals surface area (Å²) in [5, 5.41) is 5.11. The molecule has 2 heterocycles. The molecule has 128 valence electrons. The van der Waals surface area contributed by atoms with Gasteiger partial charge in [-0.15, -0.1) is 0 Å². The molecule has 0 unspecified atom stereocenters. The Morgan fingerprint density at radius 1 is 1.04 bits per heavy atom. The fraction of sp³-hybridized carbons (Fsp3) is 0.0526. The molecule has 2 N–H and O–H groups in total. The van der Waals surface area contributed by atoms with E-state index in [2.05, 4.69) is 15.1 Å². The van der Waals surface area contributed by atoms with Crippen molar-refractivity contribution in [1.29, 1.82) is 0 Å². The molecule has 7 nitrogen and oxygen atoms in total. The average molecular weight is 345 g/mol.